The average molecular weight is 297 g/mol. The zero-order chi connectivity index (χ0) is 14.5. The van der Waals surface area contributed by atoms with E-state index in [-0.39, 0.29) is 16.6 Å². The monoisotopic (exact) mass is 296 g/mol. The molecule has 0 aliphatic heterocycles. The van der Waals surface area contributed by atoms with Crippen molar-refractivity contribution in [3.63, 3.8) is 0 Å². The van der Waals surface area contributed by atoms with Crippen molar-refractivity contribution in [1.82, 2.24) is 0 Å². The van der Waals surface area contributed by atoms with Crippen LogP contribution in [0.2, 0.25) is 5.02 Å². The second kappa shape index (κ2) is 6.21. The van der Waals surface area contributed by atoms with Crippen LogP contribution < -0.4 is 14.8 Å². The van der Waals surface area contributed by atoms with Crippen LogP contribution >= 0.6 is 11.6 Å². The molecule has 2 rings (SSSR count). The van der Waals surface area contributed by atoms with E-state index in [1.807, 2.05) is 0 Å². The summed E-state index contributed by atoms with van der Waals surface area (Å²) < 4.78 is 19.0. The Hall–Kier alpha value is -2.34. The molecule has 104 valence electrons. The summed E-state index contributed by atoms with van der Waals surface area (Å²) in [6, 6.07) is 8.42. The van der Waals surface area contributed by atoms with Gasteiger partial charge in [0, 0.05) is 11.1 Å². The molecule has 1 heterocycles. The van der Waals surface area contributed by atoms with E-state index in [0.717, 1.165) is 6.07 Å². The summed E-state index contributed by atoms with van der Waals surface area (Å²) >= 11 is 5.60. The molecular weight excluding hydrogens is 287 g/mol. The van der Waals surface area contributed by atoms with Crippen molar-refractivity contribution in [3.05, 3.63) is 58.6 Å². The molecule has 0 saturated carbocycles. The minimum absolute atomic E-state index is 0.00828. The largest absolute Gasteiger partial charge is 0.616 e. The van der Waals surface area contributed by atoms with Gasteiger partial charge in [-0.3, -0.25) is 4.79 Å². The molecule has 0 saturated heterocycles. The summed E-state index contributed by atoms with van der Waals surface area (Å²) in [5.74, 6) is -1.25. The highest BCUT2D eigenvalue weighted by Gasteiger charge is 2.11. The maximum absolute atomic E-state index is 13.4. The molecule has 2 aromatic rings. The van der Waals surface area contributed by atoms with E-state index in [1.54, 1.807) is 6.07 Å². The van der Waals surface area contributed by atoms with Crippen molar-refractivity contribution in [3.8, 4) is 5.88 Å². The predicted octanol–water partition coefficient (Wildman–Crippen LogP) is 2.13. The Morgan fingerprint density at radius 3 is 2.90 bits per heavy atom. The zero-order valence-corrected chi connectivity index (χ0v) is 10.9. The third kappa shape index (κ3) is 3.58. The lowest BCUT2D eigenvalue weighted by Gasteiger charge is -2.08. The molecular formula is C13H10ClFN2O3. The molecule has 0 atom stereocenters. The second-order valence-corrected chi connectivity index (χ2v) is 4.26. The summed E-state index contributed by atoms with van der Waals surface area (Å²) in [6.45, 7) is -0.408. The molecule has 0 aliphatic rings. The fourth-order valence-electron chi connectivity index (χ4n) is 1.44. The number of nitrogens with one attached hydrogen (secondary N) is 1. The number of ether oxygens (including phenoxy) is 1. The van der Waals surface area contributed by atoms with Gasteiger partial charge in [-0.2, -0.15) is 0 Å². The molecule has 0 radical (unpaired) electrons. The highest BCUT2D eigenvalue weighted by molar-refractivity contribution is 6.30. The summed E-state index contributed by atoms with van der Waals surface area (Å²) in [6.07, 6.45) is 1.24. The van der Waals surface area contributed by atoms with Gasteiger partial charge in [-0.05, 0) is 24.3 Å². The van der Waals surface area contributed by atoms with Crippen LogP contribution in [-0.4, -0.2) is 12.5 Å². The van der Waals surface area contributed by atoms with Crippen LogP contribution in [0.3, 0.4) is 0 Å². The van der Waals surface area contributed by atoms with Crippen LogP contribution in [0.25, 0.3) is 0 Å². The number of nitrogens with zero attached hydrogens (tertiary/aromatic N) is 1. The van der Waals surface area contributed by atoms with E-state index in [9.17, 15) is 14.4 Å². The maximum atomic E-state index is 13.4. The highest BCUT2D eigenvalue weighted by Crippen LogP contribution is 2.18. The van der Waals surface area contributed by atoms with E-state index < -0.39 is 18.3 Å². The molecule has 0 aliphatic carbocycles. The summed E-state index contributed by atoms with van der Waals surface area (Å²) in [4.78, 5) is 11.6. The van der Waals surface area contributed by atoms with Crippen molar-refractivity contribution in [1.29, 1.82) is 0 Å². The number of carbonyl (C=O) groups is 1. The minimum atomic E-state index is -0.649. The Balaban J connectivity index is 1.94. The molecule has 5 nitrogen and oxygen atoms in total. The van der Waals surface area contributed by atoms with Crippen molar-refractivity contribution >= 4 is 23.2 Å². The van der Waals surface area contributed by atoms with Crippen LogP contribution in [0.1, 0.15) is 0 Å². The lowest BCUT2D eigenvalue weighted by Crippen LogP contribution is -2.30. The number of pyridine rings is 1. The van der Waals surface area contributed by atoms with Crippen LogP contribution in [0.4, 0.5) is 10.1 Å². The van der Waals surface area contributed by atoms with Gasteiger partial charge in [-0.15, -0.1) is 4.73 Å². The fraction of sp³-hybridized carbons (Fsp3) is 0.0769. The van der Waals surface area contributed by atoms with Crippen molar-refractivity contribution < 1.29 is 18.7 Å². The van der Waals surface area contributed by atoms with Crippen LogP contribution in [-0.2, 0) is 4.79 Å². The number of carbonyl (C=O) groups excluding carboxylic acids is 1. The first-order chi connectivity index (χ1) is 9.56. The Morgan fingerprint density at radius 2 is 2.20 bits per heavy atom. The molecule has 7 heteroatoms. The van der Waals surface area contributed by atoms with Crippen molar-refractivity contribution in [2.24, 2.45) is 0 Å². The highest BCUT2D eigenvalue weighted by atomic mass is 35.5. The molecule has 0 fully saturated rings. The zero-order valence-electron chi connectivity index (χ0n) is 10.2. The summed E-state index contributed by atoms with van der Waals surface area (Å²) in [5, 5.41) is 13.8. The number of rotatable bonds is 4. The molecule has 20 heavy (non-hydrogen) atoms. The third-order valence-electron chi connectivity index (χ3n) is 2.34. The van der Waals surface area contributed by atoms with Crippen LogP contribution in [0.15, 0.2) is 42.6 Å². The Bertz CT molecular complexity index is 637. The number of amides is 1. The van der Waals surface area contributed by atoms with E-state index in [4.69, 9.17) is 16.3 Å². The second-order valence-electron chi connectivity index (χ2n) is 3.83. The van der Waals surface area contributed by atoms with Gasteiger partial charge in [-0.1, -0.05) is 11.6 Å². The third-order valence-corrected chi connectivity index (χ3v) is 2.58. The minimum Gasteiger partial charge on any atom is -0.616 e. The van der Waals surface area contributed by atoms with Gasteiger partial charge in [0.25, 0.3) is 5.91 Å². The molecule has 1 aromatic carbocycles. The Labute approximate surface area is 119 Å². The quantitative estimate of drug-likeness (QED) is 0.694. The Morgan fingerprint density at radius 1 is 1.40 bits per heavy atom. The summed E-state index contributed by atoms with van der Waals surface area (Å²) in [7, 11) is 0. The van der Waals surface area contributed by atoms with Crippen LogP contribution in [0, 0.1) is 11.0 Å². The van der Waals surface area contributed by atoms with Gasteiger partial charge in [0.1, 0.15) is 5.82 Å². The molecule has 1 amide bonds. The first-order valence-corrected chi connectivity index (χ1v) is 6.00. The molecule has 0 unspecified atom stereocenters. The van der Waals surface area contributed by atoms with E-state index in [1.165, 1.54) is 30.5 Å². The fourth-order valence-corrected chi connectivity index (χ4v) is 1.60. The predicted molar refractivity (Wildman–Crippen MR) is 70.9 cm³/mol. The lowest BCUT2D eigenvalue weighted by atomic mass is 10.3. The number of anilines is 1. The standard InChI is InChI=1S/C13H10ClFN2O3/c14-9-4-5-11(10(15)7-9)16-12(18)8-20-13-3-1-2-6-17(13)19/h1-7H,8H2,(H,16,18). The van der Waals surface area contributed by atoms with E-state index in [0.29, 0.717) is 4.73 Å². The Kier molecular flexibility index (Phi) is 4.37. The van der Waals surface area contributed by atoms with Gasteiger partial charge in [0.2, 0.25) is 0 Å². The van der Waals surface area contributed by atoms with Gasteiger partial charge >= 0.3 is 5.88 Å². The van der Waals surface area contributed by atoms with Crippen molar-refractivity contribution in [2.45, 2.75) is 0 Å². The maximum Gasteiger partial charge on any atom is 0.379 e. The number of aromatic nitrogens is 1. The SMILES string of the molecule is O=C(COc1cccc[n+]1[O-])Nc1ccc(Cl)cc1F. The lowest BCUT2D eigenvalue weighted by molar-refractivity contribution is -0.612. The number of benzene rings is 1. The van der Waals surface area contributed by atoms with Gasteiger partial charge in [-0.25, -0.2) is 4.39 Å². The summed E-state index contributed by atoms with van der Waals surface area (Å²) in [5.41, 5.74) is -0.00828. The molecule has 0 spiro atoms. The number of hydrogen-bond acceptors (Lipinski definition) is 3. The van der Waals surface area contributed by atoms with Crippen LogP contribution in [0.5, 0.6) is 5.88 Å². The van der Waals surface area contributed by atoms with E-state index >= 15 is 0 Å². The molecule has 1 aromatic heterocycles. The van der Waals surface area contributed by atoms with E-state index in [2.05, 4.69) is 5.32 Å². The number of hydrogen-bond donors (Lipinski definition) is 1. The van der Waals surface area contributed by atoms with Gasteiger partial charge in [0.05, 0.1) is 11.8 Å². The van der Waals surface area contributed by atoms with Gasteiger partial charge < -0.3 is 15.3 Å². The molecule has 0 bridgehead atoms. The van der Waals surface area contributed by atoms with Crippen molar-refractivity contribution in [2.75, 3.05) is 11.9 Å². The number of halogens is 2. The first kappa shape index (κ1) is 14.1. The smallest absolute Gasteiger partial charge is 0.379 e. The topological polar surface area (TPSA) is 65.3 Å². The van der Waals surface area contributed by atoms with Gasteiger partial charge in [0.15, 0.2) is 12.8 Å². The molecule has 1 N–H and O–H groups in total. The average Bonchev–Trinajstić information content (AvgIpc) is 2.41. The first-order valence-electron chi connectivity index (χ1n) is 5.62. The normalized spacial score (nSPS) is 10.1.